The zero-order valence-corrected chi connectivity index (χ0v) is 13.0. The van der Waals surface area contributed by atoms with Crippen molar-refractivity contribution in [3.63, 3.8) is 0 Å². The van der Waals surface area contributed by atoms with E-state index in [2.05, 4.69) is 4.98 Å². The summed E-state index contributed by atoms with van der Waals surface area (Å²) < 4.78 is 39.7. The summed E-state index contributed by atoms with van der Waals surface area (Å²) in [6, 6.07) is 2.41. The molecule has 1 aromatic rings. The second-order valence-corrected chi connectivity index (χ2v) is 7.14. The molecule has 0 bridgehead atoms. The van der Waals surface area contributed by atoms with Gasteiger partial charge in [-0.15, -0.1) is 0 Å². The molecule has 0 saturated carbocycles. The number of sulfonamides is 1. The van der Waals surface area contributed by atoms with Crippen LogP contribution < -0.4 is 5.73 Å². The van der Waals surface area contributed by atoms with Gasteiger partial charge in [0.25, 0.3) is 10.0 Å². The quantitative estimate of drug-likeness (QED) is 0.772. The topological polar surface area (TPSA) is 76.3 Å². The molecule has 0 aliphatic rings. The summed E-state index contributed by atoms with van der Waals surface area (Å²) in [5, 5.41) is -0.566. The molecule has 20 heavy (non-hydrogen) atoms. The second kappa shape index (κ2) is 7.05. The largest absolute Gasteiger partial charge is 0.393 e. The summed E-state index contributed by atoms with van der Waals surface area (Å²) in [5.41, 5.74) is 5.40. The van der Waals surface area contributed by atoms with Crippen molar-refractivity contribution < 1.29 is 12.8 Å². The van der Waals surface area contributed by atoms with E-state index >= 15 is 0 Å². The maximum Gasteiger partial charge on any atom is 0.263 e. The number of thiocarbonyl (C=S) groups is 1. The molecule has 1 rings (SSSR count). The highest BCUT2D eigenvalue weighted by atomic mass is 32.2. The zero-order chi connectivity index (χ0) is 15.3. The van der Waals surface area contributed by atoms with Crippen molar-refractivity contribution in [3.8, 4) is 0 Å². The Morgan fingerprint density at radius 3 is 2.70 bits per heavy atom. The normalized spacial score (nSPS) is 12.1. The number of nitrogens with two attached hydrogens (primary N) is 1. The fourth-order valence-corrected chi connectivity index (χ4v) is 3.31. The molecule has 0 aromatic carbocycles. The van der Waals surface area contributed by atoms with Crippen molar-refractivity contribution in [2.75, 3.05) is 13.1 Å². The average Bonchev–Trinajstić information content (AvgIpc) is 2.34. The first kappa shape index (κ1) is 16.9. The summed E-state index contributed by atoms with van der Waals surface area (Å²) in [4.78, 5) is 3.85. The summed E-state index contributed by atoms with van der Waals surface area (Å²) >= 11 is 4.76. The second-order valence-electron chi connectivity index (χ2n) is 4.76. The first-order valence-corrected chi connectivity index (χ1v) is 7.99. The number of rotatable bonds is 7. The molecule has 0 atom stereocenters. The number of pyridine rings is 1. The first-order valence-electron chi connectivity index (χ1n) is 6.14. The third-order valence-electron chi connectivity index (χ3n) is 2.49. The maximum absolute atomic E-state index is 13.7. The fraction of sp³-hybridized carbons (Fsp3) is 0.500. The van der Waals surface area contributed by atoms with Crippen LogP contribution in [-0.4, -0.2) is 35.8 Å². The lowest BCUT2D eigenvalue weighted by molar-refractivity contribution is 0.370. The molecule has 0 aliphatic heterocycles. The number of hydrogen-bond acceptors (Lipinski definition) is 4. The third kappa shape index (κ3) is 4.46. The van der Waals surface area contributed by atoms with Gasteiger partial charge < -0.3 is 5.73 Å². The fourth-order valence-electron chi connectivity index (χ4n) is 1.64. The molecule has 1 heterocycles. The van der Waals surface area contributed by atoms with E-state index in [9.17, 15) is 12.8 Å². The number of halogens is 1. The van der Waals surface area contributed by atoms with Gasteiger partial charge in [0.1, 0.15) is 0 Å². The molecular formula is C12H18FN3O2S2. The van der Waals surface area contributed by atoms with Crippen LogP contribution in [0.3, 0.4) is 0 Å². The van der Waals surface area contributed by atoms with E-state index in [4.69, 9.17) is 18.0 Å². The van der Waals surface area contributed by atoms with Gasteiger partial charge >= 0.3 is 0 Å². The Bertz CT molecular complexity index is 576. The van der Waals surface area contributed by atoms with Crippen LogP contribution in [0, 0.1) is 11.7 Å². The molecule has 1 aromatic heterocycles. The Labute approximate surface area is 124 Å². The van der Waals surface area contributed by atoms with Crippen molar-refractivity contribution in [1.29, 1.82) is 0 Å². The van der Waals surface area contributed by atoms with E-state index in [-0.39, 0.29) is 30.4 Å². The first-order chi connectivity index (χ1) is 9.25. The number of nitrogens with zero attached hydrogens (tertiary/aromatic N) is 2. The van der Waals surface area contributed by atoms with Gasteiger partial charge in [0.05, 0.1) is 4.99 Å². The minimum Gasteiger partial charge on any atom is -0.393 e. The van der Waals surface area contributed by atoms with Crippen molar-refractivity contribution in [2.45, 2.75) is 25.3 Å². The number of hydrogen-bond donors (Lipinski definition) is 1. The molecule has 0 amide bonds. The van der Waals surface area contributed by atoms with Crippen LogP contribution in [0.2, 0.25) is 0 Å². The summed E-state index contributed by atoms with van der Waals surface area (Å²) in [6.07, 6.45) is 1.49. The van der Waals surface area contributed by atoms with E-state index in [1.807, 2.05) is 13.8 Å². The standard InChI is InChI=1S/C12H18FN3O2S2/c1-9(2)8-16(7-5-11(14)19)20(17,18)12-10(13)4-3-6-15-12/h3-4,6,9H,5,7-8H2,1-2H3,(H2,14,19). The van der Waals surface area contributed by atoms with Crippen LogP contribution >= 0.6 is 12.2 Å². The molecule has 2 N–H and O–H groups in total. The monoisotopic (exact) mass is 319 g/mol. The number of aromatic nitrogens is 1. The van der Waals surface area contributed by atoms with E-state index < -0.39 is 20.9 Å². The van der Waals surface area contributed by atoms with Crippen molar-refractivity contribution in [1.82, 2.24) is 9.29 Å². The van der Waals surface area contributed by atoms with Crippen LogP contribution in [-0.2, 0) is 10.0 Å². The SMILES string of the molecule is CC(C)CN(CCC(N)=S)S(=O)(=O)c1ncccc1F. The van der Waals surface area contributed by atoms with Gasteiger partial charge in [-0.05, 0) is 18.1 Å². The molecule has 0 unspecified atom stereocenters. The van der Waals surface area contributed by atoms with Crippen LogP contribution in [0.15, 0.2) is 23.4 Å². The summed E-state index contributed by atoms with van der Waals surface area (Å²) in [6.45, 7) is 4.11. The molecule has 0 saturated heterocycles. The lowest BCUT2D eigenvalue weighted by Gasteiger charge is -2.23. The van der Waals surface area contributed by atoms with Gasteiger partial charge in [0.15, 0.2) is 5.82 Å². The highest BCUT2D eigenvalue weighted by Crippen LogP contribution is 2.18. The Balaban J connectivity index is 3.10. The van der Waals surface area contributed by atoms with Crippen LogP contribution in [0.1, 0.15) is 20.3 Å². The Morgan fingerprint density at radius 2 is 2.20 bits per heavy atom. The van der Waals surface area contributed by atoms with Crippen molar-refractivity contribution >= 4 is 27.2 Å². The molecular weight excluding hydrogens is 301 g/mol. The summed E-state index contributed by atoms with van der Waals surface area (Å²) in [7, 11) is -3.99. The predicted octanol–water partition coefficient (Wildman–Crippen LogP) is 1.54. The molecule has 0 radical (unpaired) electrons. The Hall–Kier alpha value is -1.12. The van der Waals surface area contributed by atoms with Crippen LogP contribution in [0.25, 0.3) is 0 Å². The van der Waals surface area contributed by atoms with Crippen molar-refractivity contribution in [2.24, 2.45) is 11.7 Å². The Morgan fingerprint density at radius 1 is 1.55 bits per heavy atom. The minimum absolute atomic E-state index is 0.0860. The smallest absolute Gasteiger partial charge is 0.263 e. The highest BCUT2D eigenvalue weighted by Gasteiger charge is 2.29. The van der Waals surface area contributed by atoms with Gasteiger partial charge in [-0.25, -0.2) is 17.8 Å². The van der Waals surface area contributed by atoms with E-state index in [1.165, 1.54) is 16.6 Å². The van der Waals surface area contributed by atoms with Crippen LogP contribution in [0.4, 0.5) is 4.39 Å². The van der Waals surface area contributed by atoms with Gasteiger partial charge in [-0.3, -0.25) is 0 Å². The molecule has 8 heteroatoms. The lowest BCUT2D eigenvalue weighted by Crippen LogP contribution is -2.37. The predicted molar refractivity (Wildman–Crippen MR) is 79.2 cm³/mol. The average molecular weight is 319 g/mol. The van der Waals surface area contributed by atoms with Crippen LogP contribution in [0.5, 0.6) is 0 Å². The molecule has 0 aliphatic carbocycles. The van der Waals surface area contributed by atoms with Gasteiger partial charge in [0, 0.05) is 25.7 Å². The molecule has 112 valence electrons. The van der Waals surface area contributed by atoms with E-state index in [0.717, 1.165) is 6.07 Å². The maximum atomic E-state index is 13.7. The Kier molecular flexibility index (Phi) is 5.97. The molecule has 0 spiro atoms. The lowest BCUT2D eigenvalue weighted by atomic mass is 10.2. The van der Waals surface area contributed by atoms with E-state index in [1.54, 1.807) is 0 Å². The zero-order valence-electron chi connectivity index (χ0n) is 11.4. The molecule has 0 fully saturated rings. The van der Waals surface area contributed by atoms with Gasteiger partial charge in [0.2, 0.25) is 5.03 Å². The molecule has 5 nitrogen and oxygen atoms in total. The van der Waals surface area contributed by atoms with Gasteiger partial charge in [-0.1, -0.05) is 26.1 Å². The van der Waals surface area contributed by atoms with Crippen molar-refractivity contribution in [3.05, 3.63) is 24.1 Å². The van der Waals surface area contributed by atoms with Gasteiger partial charge in [-0.2, -0.15) is 4.31 Å². The van der Waals surface area contributed by atoms with E-state index in [0.29, 0.717) is 0 Å². The third-order valence-corrected chi connectivity index (χ3v) is 4.49. The minimum atomic E-state index is -3.99. The highest BCUT2D eigenvalue weighted by molar-refractivity contribution is 7.89. The summed E-state index contributed by atoms with van der Waals surface area (Å²) in [5.74, 6) is -0.778.